The van der Waals surface area contributed by atoms with Crippen molar-refractivity contribution in [1.82, 2.24) is 4.98 Å². The van der Waals surface area contributed by atoms with Crippen LogP contribution in [-0.2, 0) is 9.59 Å². The first kappa shape index (κ1) is 14.1. The van der Waals surface area contributed by atoms with E-state index in [0.29, 0.717) is 13.0 Å². The van der Waals surface area contributed by atoms with Crippen LogP contribution in [-0.4, -0.2) is 28.3 Å². The zero-order chi connectivity index (χ0) is 14.8. The molecule has 1 saturated heterocycles. The molecule has 0 bridgehead atoms. The molecule has 1 fully saturated rings. The second kappa shape index (κ2) is 5.85. The van der Waals surface area contributed by atoms with E-state index in [0.717, 1.165) is 22.2 Å². The van der Waals surface area contributed by atoms with Crippen molar-refractivity contribution in [2.75, 3.05) is 17.2 Å². The molecule has 0 aliphatic carbocycles. The van der Waals surface area contributed by atoms with Gasteiger partial charge in [0.15, 0.2) is 5.12 Å². The summed E-state index contributed by atoms with van der Waals surface area (Å²) in [4.78, 5) is 29.1. The van der Waals surface area contributed by atoms with Gasteiger partial charge in [-0.15, -0.1) is 0 Å². The number of fused-ring (bicyclic) bond motifs is 1. The predicted molar refractivity (Wildman–Crippen MR) is 85.3 cm³/mol. The van der Waals surface area contributed by atoms with Crippen LogP contribution in [0.15, 0.2) is 36.7 Å². The quantitative estimate of drug-likeness (QED) is 0.874. The summed E-state index contributed by atoms with van der Waals surface area (Å²) in [6.07, 6.45) is 4.09. The van der Waals surface area contributed by atoms with Gasteiger partial charge in [0, 0.05) is 49.1 Å². The molecule has 1 aromatic heterocycles. The Kier molecular flexibility index (Phi) is 3.92. The van der Waals surface area contributed by atoms with Crippen LogP contribution in [0, 0.1) is 5.92 Å². The lowest BCUT2D eigenvalue weighted by molar-refractivity contribution is -0.117. The average molecular weight is 300 g/mol. The first-order chi connectivity index (χ1) is 10.1. The molecule has 0 radical (unpaired) electrons. The van der Waals surface area contributed by atoms with Crippen LogP contribution in [0.2, 0.25) is 0 Å². The second-order valence-corrected chi connectivity index (χ2v) is 6.48. The highest BCUT2D eigenvalue weighted by Gasteiger charge is 2.30. The lowest BCUT2D eigenvalue weighted by Gasteiger charge is -2.17. The number of aromatic nitrogens is 1. The second-order valence-electron chi connectivity index (χ2n) is 5.28. The SMILES string of the molecule is CC(=O)SCC1CC(=O)N(c2ccc3cnccc3c2)C1. The minimum atomic E-state index is 0.110. The molecule has 1 atom stereocenters. The summed E-state index contributed by atoms with van der Waals surface area (Å²) in [7, 11) is 0. The van der Waals surface area contributed by atoms with Crippen molar-refractivity contribution >= 4 is 39.2 Å². The molecular weight excluding hydrogens is 284 g/mol. The van der Waals surface area contributed by atoms with Crippen molar-refractivity contribution in [3.8, 4) is 0 Å². The van der Waals surface area contributed by atoms with E-state index >= 15 is 0 Å². The monoisotopic (exact) mass is 300 g/mol. The van der Waals surface area contributed by atoms with E-state index in [1.165, 1.54) is 11.8 Å². The van der Waals surface area contributed by atoms with E-state index in [2.05, 4.69) is 4.98 Å². The standard InChI is InChI=1S/C16H16N2O2S/c1-11(19)21-10-12-6-16(20)18(9-12)15-3-2-14-8-17-5-4-13(14)7-15/h2-5,7-8,12H,6,9-10H2,1H3. The first-order valence-electron chi connectivity index (χ1n) is 6.91. The number of benzene rings is 1. The zero-order valence-electron chi connectivity index (χ0n) is 11.8. The van der Waals surface area contributed by atoms with Gasteiger partial charge in [-0.25, -0.2) is 0 Å². The molecule has 0 spiro atoms. The number of carbonyl (C=O) groups is 2. The van der Waals surface area contributed by atoms with Crippen LogP contribution in [0.5, 0.6) is 0 Å². The van der Waals surface area contributed by atoms with Gasteiger partial charge in [-0.1, -0.05) is 17.8 Å². The molecule has 4 nitrogen and oxygen atoms in total. The molecule has 1 amide bonds. The highest BCUT2D eigenvalue weighted by Crippen LogP contribution is 2.29. The lowest BCUT2D eigenvalue weighted by atomic mass is 10.1. The van der Waals surface area contributed by atoms with Gasteiger partial charge in [-0.2, -0.15) is 0 Å². The Morgan fingerprint density at radius 2 is 2.24 bits per heavy atom. The Morgan fingerprint density at radius 1 is 1.38 bits per heavy atom. The first-order valence-corrected chi connectivity index (χ1v) is 7.89. The molecule has 5 heteroatoms. The number of carbonyl (C=O) groups excluding carboxylic acids is 2. The van der Waals surface area contributed by atoms with Crippen LogP contribution in [0.4, 0.5) is 5.69 Å². The van der Waals surface area contributed by atoms with Crippen molar-refractivity contribution in [1.29, 1.82) is 0 Å². The molecule has 3 rings (SSSR count). The molecular formula is C16H16N2O2S. The number of thioether (sulfide) groups is 1. The Balaban J connectivity index is 1.79. The van der Waals surface area contributed by atoms with Crippen molar-refractivity contribution < 1.29 is 9.59 Å². The smallest absolute Gasteiger partial charge is 0.227 e. The molecule has 21 heavy (non-hydrogen) atoms. The third kappa shape index (κ3) is 3.08. The number of anilines is 1. The van der Waals surface area contributed by atoms with Gasteiger partial charge in [-0.05, 0) is 29.5 Å². The van der Waals surface area contributed by atoms with Gasteiger partial charge in [0.2, 0.25) is 5.91 Å². The molecule has 1 aromatic carbocycles. The third-order valence-electron chi connectivity index (χ3n) is 3.66. The molecule has 1 unspecified atom stereocenters. The topological polar surface area (TPSA) is 50.3 Å². The molecule has 0 saturated carbocycles. The lowest BCUT2D eigenvalue weighted by Crippen LogP contribution is -2.24. The van der Waals surface area contributed by atoms with Gasteiger partial charge in [0.1, 0.15) is 0 Å². The maximum Gasteiger partial charge on any atom is 0.227 e. The van der Waals surface area contributed by atoms with Gasteiger partial charge < -0.3 is 4.90 Å². The summed E-state index contributed by atoms with van der Waals surface area (Å²) in [5.41, 5.74) is 0.925. The Hall–Kier alpha value is -1.88. The minimum absolute atomic E-state index is 0.110. The maximum atomic E-state index is 12.2. The van der Waals surface area contributed by atoms with Gasteiger partial charge in [-0.3, -0.25) is 14.6 Å². The molecule has 0 N–H and O–H groups in total. The Morgan fingerprint density at radius 3 is 3.05 bits per heavy atom. The van der Waals surface area contributed by atoms with Crippen LogP contribution < -0.4 is 4.90 Å². The molecule has 1 aliphatic rings. The van der Waals surface area contributed by atoms with Crippen LogP contribution in [0.3, 0.4) is 0 Å². The van der Waals surface area contributed by atoms with Crippen molar-refractivity contribution in [2.24, 2.45) is 5.92 Å². The number of pyridine rings is 1. The summed E-state index contributed by atoms with van der Waals surface area (Å²) in [5.74, 6) is 1.10. The summed E-state index contributed by atoms with van der Waals surface area (Å²) < 4.78 is 0. The van der Waals surface area contributed by atoms with E-state index in [1.807, 2.05) is 35.4 Å². The Labute approximate surface area is 127 Å². The highest BCUT2D eigenvalue weighted by atomic mass is 32.2. The number of hydrogen-bond acceptors (Lipinski definition) is 4. The largest absolute Gasteiger partial charge is 0.312 e. The van der Waals surface area contributed by atoms with Gasteiger partial charge in [0.25, 0.3) is 0 Å². The Bertz CT molecular complexity index is 701. The highest BCUT2D eigenvalue weighted by molar-refractivity contribution is 8.13. The summed E-state index contributed by atoms with van der Waals surface area (Å²) in [6, 6.07) is 7.92. The van der Waals surface area contributed by atoms with E-state index in [4.69, 9.17) is 0 Å². The zero-order valence-corrected chi connectivity index (χ0v) is 12.6. The van der Waals surface area contributed by atoms with Crippen molar-refractivity contribution in [3.63, 3.8) is 0 Å². The van der Waals surface area contributed by atoms with E-state index in [1.54, 1.807) is 13.1 Å². The fourth-order valence-electron chi connectivity index (χ4n) is 2.62. The minimum Gasteiger partial charge on any atom is -0.312 e. The number of nitrogens with zero attached hydrogens (tertiary/aromatic N) is 2. The fraction of sp³-hybridized carbons (Fsp3) is 0.312. The number of amides is 1. The molecule has 2 heterocycles. The number of hydrogen-bond donors (Lipinski definition) is 0. The third-order valence-corrected chi connectivity index (χ3v) is 4.71. The van der Waals surface area contributed by atoms with Gasteiger partial charge >= 0.3 is 0 Å². The van der Waals surface area contributed by atoms with Crippen molar-refractivity contribution in [3.05, 3.63) is 36.7 Å². The maximum absolute atomic E-state index is 12.2. The van der Waals surface area contributed by atoms with Crippen LogP contribution in [0.25, 0.3) is 10.8 Å². The molecule has 108 valence electrons. The summed E-state index contributed by atoms with van der Waals surface area (Å²) in [5, 5.41) is 2.26. The van der Waals surface area contributed by atoms with E-state index in [-0.39, 0.29) is 16.9 Å². The van der Waals surface area contributed by atoms with E-state index < -0.39 is 0 Å². The molecule has 2 aromatic rings. The average Bonchev–Trinajstić information content (AvgIpc) is 2.86. The number of rotatable bonds is 3. The fourth-order valence-corrected chi connectivity index (χ4v) is 3.31. The predicted octanol–water partition coefficient (Wildman–Crippen LogP) is 2.87. The van der Waals surface area contributed by atoms with Gasteiger partial charge in [0.05, 0.1) is 0 Å². The van der Waals surface area contributed by atoms with Crippen LogP contribution >= 0.6 is 11.8 Å². The van der Waals surface area contributed by atoms with Crippen LogP contribution in [0.1, 0.15) is 13.3 Å². The summed E-state index contributed by atoms with van der Waals surface area (Å²) in [6.45, 7) is 2.26. The molecule has 1 aliphatic heterocycles. The summed E-state index contributed by atoms with van der Waals surface area (Å²) >= 11 is 1.30. The van der Waals surface area contributed by atoms with E-state index in [9.17, 15) is 9.59 Å². The normalized spacial score (nSPS) is 18.4. The van der Waals surface area contributed by atoms with Crippen molar-refractivity contribution in [2.45, 2.75) is 13.3 Å².